The summed E-state index contributed by atoms with van der Waals surface area (Å²) in [7, 11) is 3.89. The molecule has 2 atom stereocenters. The molecule has 0 radical (unpaired) electrons. The lowest BCUT2D eigenvalue weighted by molar-refractivity contribution is 0.407. The van der Waals surface area contributed by atoms with Gasteiger partial charge in [-0.3, -0.25) is 0 Å². The minimum absolute atomic E-state index is 0.538. The van der Waals surface area contributed by atoms with Crippen LogP contribution in [0.4, 0.5) is 11.4 Å². The third kappa shape index (κ3) is 3.22. The molecule has 0 unspecified atom stereocenters. The Morgan fingerprint density at radius 1 is 1.23 bits per heavy atom. The molecule has 0 bridgehead atoms. The summed E-state index contributed by atoms with van der Waals surface area (Å²) in [5, 5.41) is 8.36. The van der Waals surface area contributed by atoms with Crippen molar-refractivity contribution < 1.29 is 4.74 Å². The van der Waals surface area contributed by atoms with Crippen LogP contribution < -0.4 is 20.3 Å². The van der Waals surface area contributed by atoms with Crippen molar-refractivity contribution in [2.24, 2.45) is 5.92 Å². The highest BCUT2D eigenvalue weighted by atomic mass is 35.5. The molecule has 2 aliphatic heterocycles. The number of anilines is 2. The first-order valence-corrected chi connectivity index (χ1v) is 9.64. The van der Waals surface area contributed by atoms with Gasteiger partial charge in [-0.05, 0) is 35.2 Å². The van der Waals surface area contributed by atoms with Crippen LogP contribution in [0.1, 0.15) is 17.0 Å². The molecule has 2 aromatic rings. The van der Waals surface area contributed by atoms with Crippen LogP contribution in [0.2, 0.25) is 10.0 Å². The van der Waals surface area contributed by atoms with Gasteiger partial charge in [0.15, 0.2) is 0 Å². The molecule has 2 aromatic carbocycles. The number of nitrogens with one attached hydrogen (secondary N) is 2. The summed E-state index contributed by atoms with van der Waals surface area (Å²) in [6, 6.07) is 9.93. The number of ether oxygens (including phenoxy) is 1. The first-order chi connectivity index (χ1) is 12.6. The Morgan fingerprint density at radius 3 is 2.85 bits per heavy atom. The Balaban J connectivity index is 1.64. The molecule has 2 heterocycles. The van der Waals surface area contributed by atoms with Gasteiger partial charge in [-0.25, -0.2) is 0 Å². The molecule has 0 amide bonds. The fourth-order valence-corrected chi connectivity index (χ4v) is 4.65. The summed E-state index contributed by atoms with van der Waals surface area (Å²) in [6.07, 6.45) is 0. The second kappa shape index (κ2) is 7.18. The number of methoxy groups -OCH3 is 1. The van der Waals surface area contributed by atoms with Gasteiger partial charge in [0.05, 0.1) is 12.8 Å². The second-order valence-electron chi connectivity index (χ2n) is 7.11. The summed E-state index contributed by atoms with van der Waals surface area (Å²) >= 11 is 12.3. The van der Waals surface area contributed by atoms with E-state index in [9.17, 15) is 0 Å². The van der Waals surface area contributed by atoms with Crippen LogP contribution in [-0.2, 0) is 6.54 Å². The maximum Gasteiger partial charge on any atom is 0.144 e. The van der Waals surface area contributed by atoms with Gasteiger partial charge < -0.3 is 20.3 Å². The molecule has 0 aromatic heterocycles. The summed E-state index contributed by atoms with van der Waals surface area (Å²) in [5.41, 5.74) is 4.64. The van der Waals surface area contributed by atoms with E-state index in [1.54, 1.807) is 13.2 Å². The first-order valence-electron chi connectivity index (χ1n) is 8.88. The van der Waals surface area contributed by atoms with Crippen LogP contribution in [0.5, 0.6) is 5.75 Å². The zero-order valence-electron chi connectivity index (χ0n) is 15.0. The standard InChI is InChI=1S/C20H23Cl2N3O/c1-25-11-13-8-23-10-17(13)16-6-15(7-19(26-2)20(16)25)24-9-12-3-4-14(21)5-18(12)22/h3-7,13,17,23-24H,8-11H2,1-2H3/t13-,17-/m1/s1. The molecule has 2 aliphatic rings. The molecule has 4 rings (SSSR count). The highest BCUT2D eigenvalue weighted by Gasteiger charge is 2.37. The van der Waals surface area contributed by atoms with Crippen LogP contribution in [0, 0.1) is 5.92 Å². The lowest BCUT2D eigenvalue weighted by Crippen LogP contribution is -2.35. The Bertz CT molecular complexity index is 827. The highest BCUT2D eigenvalue weighted by Crippen LogP contribution is 2.46. The van der Waals surface area contributed by atoms with Gasteiger partial charge in [-0.2, -0.15) is 0 Å². The summed E-state index contributed by atoms with van der Waals surface area (Å²) in [6.45, 7) is 3.81. The van der Waals surface area contributed by atoms with Gasteiger partial charge in [-0.15, -0.1) is 0 Å². The number of benzene rings is 2. The van der Waals surface area contributed by atoms with Crippen molar-refractivity contribution in [1.29, 1.82) is 0 Å². The number of nitrogens with zero attached hydrogens (tertiary/aromatic N) is 1. The van der Waals surface area contributed by atoms with E-state index in [1.807, 2.05) is 12.1 Å². The van der Waals surface area contributed by atoms with Gasteiger partial charge in [0, 0.05) is 60.9 Å². The van der Waals surface area contributed by atoms with Gasteiger partial charge in [0.25, 0.3) is 0 Å². The molecule has 0 aliphatic carbocycles. The molecule has 0 spiro atoms. The van der Waals surface area contributed by atoms with Crippen LogP contribution in [-0.4, -0.2) is 33.8 Å². The molecule has 6 heteroatoms. The van der Waals surface area contributed by atoms with E-state index in [0.29, 0.717) is 28.4 Å². The minimum Gasteiger partial charge on any atom is -0.494 e. The van der Waals surface area contributed by atoms with Crippen molar-refractivity contribution >= 4 is 34.6 Å². The smallest absolute Gasteiger partial charge is 0.144 e. The third-order valence-corrected chi connectivity index (χ3v) is 6.04. The zero-order chi connectivity index (χ0) is 18.3. The molecule has 1 fully saturated rings. The van der Waals surface area contributed by atoms with E-state index < -0.39 is 0 Å². The van der Waals surface area contributed by atoms with Gasteiger partial charge >= 0.3 is 0 Å². The summed E-state index contributed by atoms with van der Waals surface area (Å²) in [5.74, 6) is 2.11. The van der Waals surface area contributed by atoms with E-state index in [0.717, 1.165) is 36.6 Å². The van der Waals surface area contributed by atoms with Gasteiger partial charge in [-0.1, -0.05) is 29.3 Å². The van der Waals surface area contributed by atoms with Crippen LogP contribution in [0.25, 0.3) is 0 Å². The first kappa shape index (κ1) is 17.8. The molecule has 138 valence electrons. The maximum absolute atomic E-state index is 6.30. The van der Waals surface area contributed by atoms with Crippen molar-refractivity contribution in [1.82, 2.24) is 5.32 Å². The average Bonchev–Trinajstić information content (AvgIpc) is 3.08. The molecule has 26 heavy (non-hydrogen) atoms. The Kier molecular flexibility index (Phi) is 4.91. The van der Waals surface area contributed by atoms with Crippen molar-refractivity contribution in [2.75, 3.05) is 44.0 Å². The summed E-state index contributed by atoms with van der Waals surface area (Å²) < 4.78 is 5.72. The lowest BCUT2D eigenvalue weighted by Gasteiger charge is -2.37. The topological polar surface area (TPSA) is 36.5 Å². The number of hydrogen-bond acceptors (Lipinski definition) is 4. The van der Waals surface area contributed by atoms with E-state index in [-0.39, 0.29) is 0 Å². The quantitative estimate of drug-likeness (QED) is 0.811. The van der Waals surface area contributed by atoms with Crippen molar-refractivity contribution in [3.8, 4) is 5.75 Å². The molecule has 4 nitrogen and oxygen atoms in total. The predicted octanol–water partition coefficient (Wildman–Crippen LogP) is 4.37. The fraction of sp³-hybridized carbons (Fsp3) is 0.400. The Labute approximate surface area is 164 Å². The minimum atomic E-state index is 0.538. The second-order valence-corrected chi connectivity index (χ2v) is 7.95. The number of fused-ring (bicyclic) bond motifs is 3. The fourth-order valence-electron chi connectivity index (χ4n) is 4.17. The van der Waals surface area contributed by atoms with E-state index >= 15 is 0 Å². The number of hydrogen-bond donors (Lipinski definition) is 2. The zero-order valence-corrected chi connectivity index (χ0v) is 16.5. The lowest BCUT2D eigenvalue weighted by atomic mass is 9.83. The SMILES string of the molecule is COc1cc(NCc2ccc(Cl)cc2Cl)cc2c1N(C)C[C@H]1CNC[C@@H]21. The van der Waals surface area contributed by atoms with E-state index in [2.05, 4.69) is 34.7 Å². The number of halogens is 2. The normalized spacial score (nSPS) is 21.3. The van der Waals surface area contributed by atoms with Crippen molar-refractivity contribution in [3.63, 3.8) is 0 Å². The average molecular weight is 392 g/mol. The third-order valence-electron chi connectivity index (χ3n) is 5.45. The van der Waals surface area contributed by atoms with Crippen LogP contribution >= 0.6 is 23.2 Å². The number of rotatable bonds is 4. The Morgan fingerprint density at radius 2 is 2.08 bits per heavy atom. The highest BCUT2D eigenvalue weighted by molar-refractivity contribution is 6.35. The largest absolute Gasteiger partial charge is 0.494 e. The van der Waals surface area contributed by atoms with Gasteiger partial charge in [0.1, 0.15) is 5.75 Å². The summed E-state index contributed by atoms with van der Waals surface area (Å²) in [4.78, 5) is 2.32. The molecule has 2 N–H and O–H groups in total. The van der Waals surface area contributed by atoms with Gasteiger partial charge in [0.2, 0.25) is 0 Å². The molecule has 0 saturated carbocycles. The van der Waals surface area contributed by atoms with E-state index in [1.165, 1.54) is 11.3 Å². The van der Waals surface area contributed by atoms with Crippen LogP contribution in [0.3, 0.4) is 0 Å². The van der Waals surface area contributed by atoms with Crippen molar-refractivity contribution in [2.45, 2.75) is 12.5 Å². The predicted molar refractivity (Wildman–Crippen MR) is 109 cm³/mol. The Hall–Kier alpha value is -1.62. The van der Waals surface area contributed by atoms with Crippen LogP contribution in [0.15, 0.2) is 30.3 Å². The molecule has 1 saturated heterocycles. The molecular formula is C20H23Cl2N3O. The maximum atomic E-state index is 6.30. The monoisotopic (exact) mass is 391 g/mol. The van der Waals surface area contributed by atoms with E-state index in [4.69, 9.17) is 27.9 Å². The van der Waals surface area contributed by atoms with Crippen molar-refractivity contribution in [3.05, 3.63) is 51.5 Å². The molecular weight excluding hydrogens is 369 g/mol.